The van der Waals surface area contributed by atoms with Crippen LogP contribution in [0.5, 0.6) is 0 Å². The number of alkyl halides is 6. The minimum Gasteiger partial charge on any atom is -0.367 e. The Labute approximate surface area is 128 Å². The molecule has 0 amide bonds. The first kappa shape index (κ1) is 18.0. The van der Waals surface area contributed by atoms with Crippen molar-refractivity contribution in [1.82, 2.24) is 4.90 Å². The Morgan fingerprint density at radius 3 is 2.09 bits per heavy atom. The maximum atomic E-state index is 12.8. The maximum Gasteiger partial charge on any atom is 0.416 e. The third-order valence-corrected chi connectivity index (χ3v) is 3.50. The van der Waals surface area contributed by atoms with Crippen molar-refractivity contribution in [2.24, 2.45) is 0 Å². The van der Waals surface area contributed by atoms with Crippen LogP contribution >= 0.6 is 0 Å². The number of morpholine rings is 1. The highest BCUT2D eigenvalue weighted by Crippen LogP contribution is 2.36. The predicted octanol–water partition coefficient (Wildman–Crippen LogP) is 2.92. The van der Waals surface area contributed by atoms with Crippen LogP contribution in [-0.4, -0.2) is 42.5 Å². The standard InChI is InChI=1S/C14H15F6NO2/c15-13(16,17)10-5-9(6-11(7-10)14(18,19)20)1-2-21-3-4-23-12(22)8-21/h5-7,12,22H,1-4,8H2. The van der Waals surface area contributed by atoms with Crippen molar-refractivity contribution in [2.75, 3.05) is 26.2 Å². The Bertz CT molecular complexity index is 511. The molecular weight excluding hydrogens is 328 g/mol. The van der Waals surface area contributed by atoms with Gasteiger partial charge in [0.25, 0.3) is 0 Å². The Hall–Kier alpha value is -1.32. The van der Waals surface area contributed by atoms with E-state index in [4.69, 9.17) is 4.74 Å². The summed E-state index contributed by atoms with van der Waals surface area (Å²) in [6.45, 7) is 1.13. The number of benzene rings is 1. The number of nitrogens with zero attached hydrogens (tertiary/aromatic N) is 1. The fraction of sp³-hybridized carbons (Fsp3) is 0.571. The molecule has 1 aromatic rings. The van der Waals surface area contributed by atoms with Crippen molar-refractivity contribution in [3.05, 3.63) is 34.9 Å². The quantitative estimate of drug-likeness (QED) is 0.857. The lowest BCUT2D eigenvalue weighted by Gasteiger charge is -2.30. The van der Waals surface area contributed by atoms with E-state index in [0.29, 0.717) is 6.54 Å². The van der Waals surface area contributed by atoms with Gasteiger partial charge in [-0.05, 0) is 30.2 Å². The van der Waals surface area contributed by atoms with Gasteiger partial charge in [-0.15, -0.1) is 0 Å². The van der Waals surface area contributed by atoms with E-state index in [9.17, 15) is 31.4 Å². The summed E-state index contributed by atoms with van der Waals surface area (Å²) in [5.74, 6) is 0. The van der Waals surface area contributed by atoms with Crippen molar-refractivity contribution >= 4 is 0 Å². The molecule has 1 heterocycles. The van der Waals surface area contributed by atoms with Gasteiger partial charge < -0.3 is 9.84 Å². The van der Waals surface area contributed by atoms with E-state index < -0.39 is 29.8 Å². The number of hydrogen-bond donors (Lipinski definition) is 1. The highest BCUT2D eigenvalue weighted by atomic mass is 19.4. The summed E-state index contributed by atoms with van der Waals surface area (Å²) in [5.41, 5.74) is -2.68. The Balaban J connectivity index is 2.17. The second kappa shape index (κ2) is 6.66. The first-order valence-corrected chi connectivity index (χ1v) is 6.86. The van der Waals surface area contributed by atoms with E-state index in [1.807, 2.05) is 0 Å². The molecule has 0 aromatic heterocycles. The van der Waals surface area contributed by atoms with Crippen molar-refractivity contribution in [3.8, 4) is 0 Å². The molecule has 1 N–H and O–H groups in total. The zero-order chi connectivity index (χ0) is 17.3. The predicted molar refractivity (Wildman–Crippen MR) is 68.5 cm³/mol. The van der Waals surface area contributed by atoms with E-state index >= 15 is 0 Å². The minimum absolute atomic E-state index is 0.0136. The van der Waals surface area contributed by atoms with Crippen LogP contribution in [0.1, 0.15) is 16.7 Å². The third-order valence-electron chi connectivity index (χ3n) is 3.50. The third kappa shape index (κ3) is 5.08. The first-order valence-electron chi connectivity index (χ1n) is 6.86. The van der Waals surface area contributed by atoms with Crippen LogP contribution < -0.4 is 0 Å². The monoisotopic (exact) mass is 343 g/mol. The summed E-state index contributed by atoms with van der Waals surface area (Å²) >= 11 is 0. The maximum absolute atomic E-state index is 12.8. The summed E-state index contributed by atoms with van der Waals surface area (Å²) in [4.78, 5) is 1.72. The lowest BCUT2D eigenvalue weighted by Crippen LogP contribution is -2.43. The second-order valence-electron chi connectivity index (χ2n) is 5.29. The number of halogens is 6. The molecule has 23 heavy (non-hydrogen) atoms. The van der Waals surface area contributed by atoms with Crippen LogP contribution in [0.4, 0.5) is 26.3 Å². The van der Waals surface area contributed by atoms with Crippen LogP contribution in [0, 0.1) is 0 Å². The molecule has 2 rings (SSSR count). The molecule has 1 atom stereocenters. The molecule has 0 bridgehead atoms. The molecule has 1 aromatic carbocycles. The number of hydrogen-bond acceptors (Lipinski definition) is 3. The molecule has 1 saturated heterocycles. The summed E-state index contributed by atoms with van der Waals surface area (Å²) < 4.78 is 81.4. The molecule has 9 heteroatoms. The normalized spacial score (nSPS) is 20.7. The van der Waals surface area contributed by atoms with Crippen molar-refractivity contribution in [1.29, 1.82) is 0 Å². The highest BCUT2D eigenvalue weighted by molar-refractivity contribution is 5.33. The van der Waals surface area contributed by atoms with Crippen LogP contribution in [0.15, 0.2) is 18.2 Å². The van der Waals surface area contributed by atoms with Crippen molar-refractivity contribution < 1.29 is 36.2 Å². The highest BCUT2D eigenvalue weighted by Gasteiger charge is 2.36. The minimum atomic E-state index is -4.84. The van der Waals surface area contributed by atoms with Gasteiger partial charge >= 0.3 is 12.4 Å². The van der Waals surface area contributed by atoms with Gasteiger partial charge in [-0.2, -0.15) is 26.3 Å². The lowest BCUT2D eigenvalue weighted by molar-refractivity contribution is -0.145. The molecular formula is C14H15F6NO2. The average Bonchev–Trinajstić information content (AvgIpc) is 2.43. The van der Waals surface area contributed by atoms with E-state index in [-0.39, 0.29) is 37.7 Å². The molecule has 0 radical (unpaired) electrons. The van der Waals surface area contributed by atoms with Crippen LogP contribution in [0.3, 0.4) is 0 Å². The molecule has 1 aliphatic rings. The molecule has 1 aliphatic heterocycles. The summed E-state index contributed by atoms with van der Waals surface area (Å²) in [5, 5.41) is 9.32. The van der Waals surface area contributed by atoms with Gasteiger partial charge in [0, 0.05) is 19.6 Å². The van der Waals surface area contributed by atoms with E-state index in [1.165, 1.54) is 0 Å². The smallest absolute Gasteiger partial charge is 0.367 e. The van der Waals surface area contributed by atoms with Gasteiger partial charge in [-0.3, -0.25) is 4.90 Å². The summed E-state index contributed by atoms with van der Waals surface area (Å²) in [7, 11) is 0. The number of aliphatic hydroxyl groups excluding tert-OH is 1. The fourth-order valence-electron chi connectivity index (χ4n) is 2.34. The molecule has 1 fully saturated rings. The van der Waals surface area contributed by atoms with Crippen LogP contribution in [0.2, 0.25) is 0 Å². The Morgan fingerprint density at radius 1 is 1.04 bits per heavy atom. The summed E-state index contributed by atoms with van der Waals surface area (Å²) in [6.07, 6.45) is -10.7. The average molecular weight is 343 g/mol. The first-order chi connectivity index (χ1) is 10.6. The van der Waals surface area contributed by atoms with Gasteiger partial charge in [0.05, 0.1) is 17.7 Å². The second-order valence-corrected chi connectivity index (χ2v) is 5.29. The number of rotatable bonds is 3. The lowest BCUT2D eigenvalue weighted by atomic mass is 10.0. The molecule has 0 spiro atoms. The van der Waals surface area contributed by atoms with Gasteiger partial charge in [0.1, 0.15) is 0 Å². The van der Waals surface area contributed by atoms with Crippen molar-refractivity contribution in [2.45, 2.75) is 25.1 Å². The summed E-state index contributed by atoms with van der Waals surface area (Å²) in [6, 6.07) is 1.57. The number of ether oxygens (including phenoxy) is 1. The zero-order valence-electron chi connectivity index (χ0n) is 11.9. The Morgan fingerprint density at radius 2 is 1.61 bits per heavy atom. The SMILES string of the molecule is OC1CN(CCc2cc(C(F)(F)F)cc(C(F)(F)F)c2)CCO1. The zero-order valence-corrected chi connectivity index (χ0v) is 11.9. The van der Waals surface area contributed by atoms with E-state index in [1.54, 1.807) is 4.90 Å². The van der Waals surface area contributed by atoms with Gasteiger partial charge in [0.15, 0.2) is 6.29 Å². The van der Waals surface area contributed by atoms with E-state index in [2.05, 4.69) is 0 Å². The van der Waals surface area contributed by atoms with E-state index in [0.717, 1.165) is 12.1 Å². The Kier molecular flexibility index (Phi) is 5.22. The van der Waals surface area contributed by atoms with Gasteiger partial charge in [-0.25, -0.2) is 0 Å². The largest absolute Gasteiger partial charge is 0.416 e. The van der Waals surface area contributed by atoms with Crippen LogP contribution in [0.25, 0.3) is 0 Å². The number of β-amino-alcohol motifs (C(OH)–C–C–N with tert-alkyl or cyclic N) is 1. The molecule has 130 valence electrons. The topological polar surface area (TPSA) is 32.7 Å². The molecule has 0 saturated carbocycles. The van der Waals surface area contributed by atoms with Crippen LogP contribution in [-0.2, 0) is 23.5 Å². The molecule has 0 aliphatic carbocycles. The van der Waals surface area contributed by atoms with Gasteiger partial charge in [0.2, 0.25) is 0 Å². The molecule has 3 nitrogen and oxygen atoms in total. The van der Waals surface area contributed by atoms with Crippen molar-refractivity contribution in [3.63, 3.8) is 0 Å². The number of aliphatic hydroxyl groups is 1. The van der Waals surface area contributed by atoms with Gasteiger partial charge in [-0.1, -0.05) is 0 Å². The fourth-order valence-corrected chi connectivity index (χ4v) is 2.34. The molecule has 1 unspecified atom stereocenters.